The topological polar surface area (TPSA) is 66.8 Å². The molecule has 1 aromatic carbocycles. The number of carbonyl (C=O) groups is 2. The Hall–Kier alpha value is -2.04. The zero-order chi connectivity index (χ0) is 14.5. The summed E-state index contributed by atoms with van der Waals surface area (Å²) >= 11 is 0. The lowest BCUT2D eigenvalue weighted by atomic mass is 10.1. The molecular formula is C15H19NO4. The number of benzene rings is 1. The lowest BCUT2D eigenvalue weighted by molar-refractivity contribution is -0.141. The lowest BCUT2D eigenvalue weighted by Crippen LogP contribution is -2.33. The zero-order valence-electron chi connectivity index (χ0n) is 11.5. The Kier molecular flexibility index (Phi) is 4.61. The molecule has 5 nitrogen and oxygen atoms in total. The number of carboxylic acids is 1. The molecule has 1 fully saturated rings. The Morgan fingerprint density at radius 3 is 2.60 bits per heavy atom. The van der Waals surface area contributed by atoms with Crippen molar-refractivity contribution < 1.29 is 19.4 Å². The fourth-order valence-corrected chi connectivity index (χ4v) is 2.25. The van der Waals surface area contributed by atoms with E-state index >= 15 is 0 Å². The van der Waals surface area contributed by atoms with Crippen molar-refractivity contribution in [2.24, 2.45) is 5.92 Å². The number of likely N-dealkylation sites (tertiary alicyclic amines) is 1. The van der Waals surface area contributed by atoms with Crippen LogP contribution in [0.25, 0.3) is 0 Å². The number of hydrogen-bond acceptors (Lipinski definition) is 3. The Bertz CT molecular complexity index is 483. The second-order valence-electron chi connectivity index (χ2n) is 4.95. The largest absolute Gasteiger partial charge is 0.484 e. The predicted molar refractivity (Wildman–Crippen MR) is 73.6 cm³/mol. The molecule has 1 saturated heterocycles. The second kappa shape index (κ2) is 6.41. The molecule has 20 heavy (non-hydrogen) atoms. The van der Waals surface area contributed by atoms with Gasteiger partial charge >= 0.3 is 5.97 Å². The fourth-order valence-electron chi connectivity index (χ4n) is 2.25. The van der Waals surface area contributed by atoms with Gasteiger partial charge in [-0.25, -0.2) is 0 Å². The molecule has 1 aromatic rings. The van der Waals surface area contributed by atoms with Crippen LogP contribution in [-0.2, 0) is 16.0 Å². The third-order valence-corrected chi connectivity index (χ3v) is 3.58. The van der Waals surface area contributed by atoms with Crippen LogP contribution in [0.2, 0.25) is 0 Å². The van der Waals surface area contributed by atoms with Crippen LogP contribution in [0, 0.1) is 5.92 Å². The van der Waals surface area contributed by atoms with Gasteiger partial charge in [-0.2, -0.15) is 0 Å². The smallest absolute Gasteiger partial charge is 0.308 e. The van der Waals surface area contributed by atoms with Gasteiger partial charge < -0.3 is 14.7 Å². The van der Waals surface area contributed by atoms with Crippen molar-refractivity contribution in [3.8, 4) is 5.75 Å². The summed E-state index contributed by atoms with van der Waals surface area (Å²) in [6.07, 6.45) is 1.48. The average Bonchev–Trinajstić information content (AvgIpc) is 2.95. The minimum absolute atomic E-state index is 0.0438. The first kappa shape index (κ1) is 14.4. The van der Waals surface area contributed by atoms with E-state index in [0.717, 1.165) is 6.42 Å². The molecule has 1 amide bonds. The molecule has 2 rings (SSSR count). The van der Waals surface area contributed by atoms with Crippen molar-refractivity contribution in [1.29, 1.82) is 0 Å². The van der Waals surface area contributed by atoms with Crippen LogP contribution in [0.4, 0.5) is 0 Å². The molecule has 0 bridgehead atoms. The van der Waals surface area contributed by atoms with Gasteiger partial charge in [-0.1, -0.05) is 19.1 Å². The van der Waals surface area contributed by atoms with Gasteiger partial charge in [0.15, 0.2) is 6.61 Å². The first-order valence-corrected chi connectivity index (χ1v) is 6.82. The number of amides is 1. The van der Waals surface area contributed by atoms with Gasteiger partial charge in [0.25, 0.3) is 5.91 Å². The van der Waals surface area contributed by atoms with Crippen molar-refractivity contribution >= 4 is 11.9 Å². The quantitative estimate of drug-likeness (QED) is 0.887. The number of nitrogens with zero attached hydrogens (tertiary/aromatic N) is 1. The van der Waals surface area contributed by atoms with Gasteiger partial charge in [0.1, 0.15) is 5.75 Å². The molecule has 0 aromatic heterocycles. The van der Waals surface area contributed by atoms with Gasteiger partial charge in [-0.3, -0.25) is 9.59 Å². The van der Waals surface area contributed by atoms with E-state index < -0.39 is 11.9 Å². The molecule has 0 radical (unpaired) electrons. The summed E-state index contributed by atoms with van der Waals surface area (Å²) < 4.78 is 5.44. The summed E-state index contributed by atoms with van der Waals surface area (Å²) in [6, 6.07) is 7.62. The van der Waals surface area contributed by atoms with Crippen LogP contribution in [0.3, 0.4) is 0 Å². The molecule has 1 heterocycles. The van der Waals surface area contributed by atoms with E-state index in [1.807, 2.05) is 24.3 Å². The third kappa shape index (κ3) is 3.50. The van der Waals surface area contributed by atoms with Crippen LogP contribution in [0.15, 0.2) is 24.3 Å². The number of aryl methyl sites for hydroxylation is 1. The fraction of sp³-hybridized carbons (Fsp3) is 0.467. The SMILES string of the molecule is CCc1ccc(OCC(=O)N2CC[C@H](C(=O)O)C2)cc1. The standard InChI is InChI=1S/C15H19NO4/c1-2-11-3-5-13(6-4-11)20-10-14(17)16-8-7-12(9-16)15(18)19/h3-6,12H,2,7-10H2,1H3,(H,18,19)/t12-/m0/s1. The highest BCUT2D eigenvalue weighted by atomic mass is 16.5. The van der Waals surface area contributed by atoms with Crippen molar-refractivity contribution in [3.63, 3.8) is 0 Å². The normalized spacial score (nSPS) is 18.1. The Morgan fingerprint density at radius 1 is 1.35 bits per heavy atom. The summed E-state index contributed by atoms with van der Waals surface area (Å²) in [6.45, 7) is 2.81. The van der Waals surface area contributed by atoms with Crippen LogP contribution < -0.4 is 4.74 Å². The molecule has 0 spiro atoms. The Labute approximate surface area is 118 Å². The van der Waals surface area contributed by atoms with E-state index in [0.29, 0.717) is 18.7 Å². The first-order chi connectivity index (χ1) is 9.60. The molecule has 1 N–H and O–H groups in total. The average molecular weight is 277 g/mol. The summed E-state index contributed by atoms with van der Waals surface area (Å²) in [5.74, 6) is -0.781. The van der Waals surface area contributed by atoms with E-state index in [2.05, 4.69) is 6.92 Å². The molecule has 1 aliphatic heterocycles. The highest BCUT2D eigenvalue weighted by Gasteiger charge is 2.30. The van der Waals surface area contributed by atoms with E-state index in [4.69, 9.17) is 9.84 Å². The molecule has 0 saturated carbocycles. The molecule has 1 atom stereocenters. The van der Waals surface area contributed by atoms with Gasteiger partial charge in [-0.05, 0) is 30.5 Å². The van der Waals surface area contributed by atoms with Crippen molar-refractivity contribution in [1.82, 2.24) is 4.90 Å². The molecule has 0 aliphatic carbocycles. The van der Waals surface area contributed by atoms with Crippen LogP contribution in [-0.4, -0.2) is 41.6 Å². The minimum atomic E-state index is -0.837. The van der Waals surface area contributed by atoms with Crippen molar-refractivity contribution in [3.05, 3.63) is 29.8 Å². The first-order valence-electron chi connectivity index (χ1n) is 6.82. The zero-order valence-corrected chi connectivity index (χ0v) is 11.5. The second-order valence-corrected chi connectivity index (χ2v) is 4.95. The van der Waals surface area contributed by atoms with Crippen LogP contribution >= 0.6 is 0 Å². The van der Waals surface area contributed by atoms with E-state index in [1.54, 1.807) is 4.90 Å². The maximum atomic E-state index is 11.9. The van der Waals surface area contributed by atoms with E-state index in [-0.39, 0.29) is 19.1 Å². The summed E-state index contributed by atoms with van der Waals surface area (Å²) in [5, 5.41) is 8.90. The van der Waals surface area contributed by atoms with Gasteiger partial charge in [0, 0.05) is 13.1 Å². The van der Waals surface area contributed by atoms with E-state index in [1.165, 1.54) is 5.56 Å². The van der Waals surface area contributed by atoms with Gasteiger partial charge in [0.2, 0.25) is 0 Å². The number of rotatable bonds is 5. The summed E-state index contributed by atoms with van der Waals surface area (Å²) in [5.41, 5.74) is 1.22. The van der Waals surface area contributed by atoms with Crippen LogP contribution in [0.1, 0.15) is 18.9 Å². The Morgan fingerprint density at radius 2 is 2.05 bits per heavy atom. The number of hydrogen-bond donors (Lipinski definition) is 1. The highest BCUT2D eigenvalue weighted by molar-refractivity contribution is 5.80. The number of carboxylic acid groups (broad SMARTS) is 1. The minimum Gasteiger partial charge on any atom is -0.484 e. The number of ether oxygens (including phenoxy) is 1. The van der Waals surface area contributed by atoms with Crippen molar-refractivity contribution in [2.75, 3.05) is 19.7 Å². The lowest BCUT2D eigenvalue weighted by Gasteiger charge is -2.16. The number of aliphatic carboxylic acids is 1. The highest BCUT2D eigenvalue weighted by Crippen LogP contribution is 2.17. The molecule has 1 aliphatic rings. The predicted octanol–water partition coefficient (Wildman–Crippen LogP) is 1.56. The summed E-state index contributed by atoms with van der Waals surface area (Å²) in [4.78, 5) is 24.3. The maximum Gasteiger partial charge on any atom is 0.308 e. The molecular weight excluding hydrogens is 258 g/mol. The van der Waals surface area contributed by atoms with Crippen LogP contribution in [0.5, 0.6) is 5.75 Å². The molecule has 0 unspecified atom stereocenters. The molecule has 5 heteroatoms. The third-order valence-electron chi connectivity index (χ3n) is 3.58. The van der Waals surface area contributed by atoms with Gasteiger partial charge in [0.05, 0.1) is 5.92 Å². The Balaban J connectivity index is 1.81. The van der Waals surface area contributed by atoms with Crippen molar-refractivity contribution in [2.45, 2.75) is 19.8 Å². The van der Waals surface area contributed by atoms with Gasteiger partial charge in [-0.15, -0.1) is 0 Å². The summed E-state index contributed by atoms with van der Waals surface area (Å²) in [7, 11) is 0. The monoisotopic (exact) mass is 277 g/mol. The maximum absolute atomic E-state index is 11.9. The van der Waals surface area contributed by atoms with E-state index in [9.17, 15) is 9.59 Å². The number of carbonyl (C=O) groups excluding carboxylic acids is 1. The molecule has 108 valence electrons.